The molecule has 0 aromatic heterocycles. The minimum Gasteiger partial charge on any atom is -0.395 e. The fourth-order valence-electron chi connectivity index (χ4n) is 1.10. The van der Waals surface area contributed by atoms with Crippen molar-refractivity contribution in [2.75, 3.05) is 6.61 Å². The van der Waals surface area contributed by atoms with Crippen LogP contribution in [0.3, 0.4) is 0 Å². The maximum absolute atomic E-state index is 12.8. The second kappa shape index (κ2) is 4.56. The first-order valence-electron chi connectivity index (χ1n) is 3.93. The van der Waals surface area contributed by atoms with E-state index in [1.165, 1.54) is 12.1 Å². The van der Waals surface area contributed by atoms with Crippen molar-refractivity contribution < 1.29 is 9.50 Å². The minimum absolute atomic E-state index is 0.117. The van der Waals surface area contributed by atoms with E-state index in [-0.39, 0.29) is 18.5 Å². The van der Waals surface area contributed by atoms with Gasteiger partial charge in [0.25, 0.3) is 0 Å². The van der Waals surface area contributed by atoms with Crippen molar-refractivity contribution in [2.45, 2.75) is 12.5 Å². The topological polar surface area (TPSA) is 46.2 Å². The molecule has 0 heterocycles. The molecule has 0 aliphatic heterocycles. The average Bonchev–Trinajstić information content (AvgIpc) is 2.02. The standard InChI is InChI=1S/C9H11ClFNO/c10-7-1-6(2-8(11)4-7)3-9(12)5-13/h1-2,4,9,13H,3,5,12H2. The lowest BCUT2D eigenvalue weighted by Crippen LogP contribution is -2.26. The van der Waals surface area contributed by atoms with Crippen molar-refractivity contribution in [1.82, 2.24) is 0 Å². The number of aliphatic hydroxyl groups excluding tert-OH is 1. The summed E-state index contributed by atoms with van der Waals surface area (Å²) in [5.74, 6) is -0.382. The number of hydrogen-bond donors (Lipinski definition) is 2. The first-order valence-corrected chi connectivity index (χ1v) is 4.31. The second-order valence-electron chi connectivity index (χ2n) is 2.92. The predicted molar refractivity (Wildman–Crippen MR) is 50.2 cm³/mol. The Balaban J connectivity index is 2.77. The van der Waals surface area contributed by atoms with Gasteiger partial charge in [-0.2, -0.15) is 0 Å². The van der Waals surface area contributed by atoms with Crippen LogP contribution in [-0.4, -0.2) is 17.8 Å². The van der Waals surface area contributed by atoms with E-state index in [0.29, 0.717) is 17.0 Å². The zero-order valence-corrected chi connectivity index (χ0v) is 7.76. The van der Waals surface area contributed by atoms with Crippen LogP contribution in [0.5, 0.6) is 0 Å². The molecule has 4 heteroatoms. The minimum atomic E-state index is -0.382. The summed E-state index contributed by atoms with van der Waals surface area (Å²) in [6, 6.07) is 3.87. The van der Waals surface area contributed by atoms with Gasteiger partial charge in [-0.3, -0.25) is 0 Å². The van der Waals surface area contributed by atoms with Crippen LogP contribution in [0.1, 0.15) is 5.56 Å². The van der Waals surface area contributed by atoms with Crippen molar-refractivity contribution >= 4 is 11.6 Å². The third-order valence-electron chi connectivity index (χ3n) is 1.65. The number of benzene rings is 1. The molecule has 2 nitrogen and oxygen atoms in total. The van der Waals surface area contributed by atoms with Crippen molar-refractivity contribution in [3.05, 3.63) is 34.6 Å². The molecule has 1 rings (SSSR count). The van der Waals surface area contributed by atoms with E-state index in [4.69, 9.17) is 22.4 Å². The lowest BCUT2D eigenvalue weighted by Gasteiger charge is -2.07. The zero-order chi connectivity index (χ0) is 9.84. The van der Waals surface area contributed by atoms with Gasteiger partial charge in [-0.05, 0) is 30.2 Å². The lowest BCUT2D eigenvalue weighted by atomic mass is 10.1. The van der Waals surface area contributed by atoms with Crippen LogP contribution in [0.25, 0.3) is 0 Å². The van der Waals surface area contributed by atoms with Crippen LogP contribution >= 0.6 is 11.6 Å². The fraction of sp³-hybridized carbons (Fsp3) is 0.333. The highest BCUT2D eigenvalue weighted by molar-refractivity contribution is 6.30. The van der Waals surface area contributed by atoms with Crippen molar-refractivity contribution in [1.29, 1.82) is 0 Å². The molecule has 0 saturated heterocycles. The van der Waals surface area contributed by atoms with Crippen LogP contribution < -0.4 is 5.73 Å². The Kier molecular flexibility index (Phi) is 3.66. The Morgan fingerprint density at radius 2 is 2.15 bits per heavy atom. The van der Waals surface area contributed by atoms with Gasteiger partial charge in [0, 0.05) is 11.1 Å². The molecular formula is C9H11ClFNO. The molecule has 0 saturated carbocycles. The molecule has 0 aliphatic carbocycles. The van der Waals surface area contributed by atoms with E-state index in [1.807, 2.05) is 0 Å². The average molecular weight is 204 g/mol. The predicted octanol–water partition coefficient (Wildman–Crippen LogP) is 1.34. The molecule has 72 valence electrons. The van der Waals surface area contributed by atoms with Crippen LogP contribution in [0.2, 0.25) is 5.02 Å². The van der Waals surface area contributed by atoms with E-state index >= 15 is 0 Å². The van der Waals surface area contributed by atoms with Crippen molar-refractivity contribution in [3.8, 4) is 0 Å². The van der Waals surface area contributed by atoms with Gasteiger partial charge in [-0.1, -0.05) is 11.6 Å². The van der Waals surface area contributed by atoms with Gasteiger partial charge in [-0.15, -0.1) is 0 Å². The molecule has 1 atom stereocenters. The lowest BCUT2D eigenvalue weighted by molar-refractivity contribution is 0.265. The summed E-state index contributed by atoms with van der Waals surface area (Å²) in [7, 11) is 0. The van der Waals surface area contributed by atoms with Crippen LogP contribution in [-0.2, 0) is 6.42 Å². The first kappa shape index (κ1) is 10.4. The summed E-state index contributed by atoms with van der Waals surface area (Å²) in [6.45, 7) is -0.117. The van der Waals surface area contributed by atoms with E-state index < -0.39 is 0 Å². The largest absolute Gasteiger partial charge is 0.395 e. The molecule has 0 bridgehead atoms. The van der Waals surface area contributed by atoms with Gasteiger partial charge < -0.3 is 10.8 Å². The highest BCUT2D eigenvalue weighted by Gasteiger charge is 2.04. The number of hydrogen-bond acceptors (Lipinski definition) is 2. The van der Waals surface area contributed by atoms with Gasteiger partial charge >= 0.3 is 0 Å². The quantitative estimate of drug-likeness (QED) is 0.779. The summed E-state index contributed by atoms with van der Waals surface area (Å²) in [4.78, 5) is 0. The SMILES string of the molecule is NC(CO)Cc1cc(F)cc(Cl)c1. The third kappa shape index (κ3) is 3.30. The molecule has 0 spiro atoms. The third-order valence-corrected chi connectivity index (χ3v) is 1.87. The van der Waals surface area contributed by atoms with E-state index in [0.717, 1.165) is 0 Å². The van der Waals surface area contributed by atoms with Crippen LogP contribution in [0.4, 0.5) is 4.39 Å². The smallest absolute Gasteiger partial charge is 0.124 e. The Morgan fingerprint density at radius 3 is 2.69 bits per heavy atom. The monoisotopic (exact) mass is 203 g/mol. The van der Waals surface area contributed by atoms with E-state index in [2.05, 4.69) is 0 Å². The molecule has 0 aliphatic rings. The van der Waals surface area contributed by atoms with E-state index in [1.54, 1.807) is 6.07 Å². The van der Waals surface area contributed by atoms with Gasteiger partial charge in [0.1, 0.15) is 5.82 Å². The number of aliphatic hydroxyl groups is 1. The maximum Gasteiger partial charge on any atom is 0.124 e. The summed E-state index contributed by atoms with van der Waals surface area (Å²) < 4.78 is 12.8. The van der Waals surface area contributed by atoms with Gasteiger partial charge in [-0.25, -0.2) is 4.39 Å². The molecule has 3 N–H and O–H groups in total. The number of nitrogens with two attached hydrogens (primary N) is 1. The number of rotatable bonds is 3. The number of halogens is 2. The van der Waals surface area contributed by atoms with Crippen molar-refractivity contribution in [3.63, 3.8) is 0 Å². The summed E-state index contributed by atoms with van der Waals surface area (Å²) >= 11 is 5.63. The molecule has 0 fully saturated rings. The van der Waals surface area contributed by atoms with E-state index in [9.17, 15) is 4.39 Å². The molecule has 13 heavy (non-hydrogen) atoms. The molecule has 1 unspecified atom stereocenters. The Morgan fingerprint density at radius 1 is 1.46 bits per heavy atom. The Labute approximate surface area is 81.1 Å². The molecule has 1 aromatic rings. The first-order chi connectivity index (χ1) is 6.11. The summed E-state index contributed by atoms with van der Waals surface area (Å²) in [6.07, 6.45) is 0.425. The summed E-state index contributed by atoms with van der Waals surface area (Å²) in [5, 5.41) is 9.03. The molecule has 1 aromatic carbocycles. The Bertz CT molecular complexity index is 273. The highest BCUT2D eigenvalue weighted by atomic mass is 35.5. The van der Waals surface area contributed by atoms with Crippen LogP contribution in [0.15, 0.2) is 18.2 Å². The molecular weight excluding hydrogens is 193 g/mol. The van der Waals surface area contributed by atoms with Gasteiger partial charge in [0.15, 0.2) is 0 Å². The normalized spacial score (nSPS) is 12.9. The second-order valence-corrected chi connectivity index (χ2v) is 3.36. The molecule has 0 radical (unpaired) electrons. The summed E-state index contributed by atoms with van der Waals surface area (Å²) in [5.41, 5.74) is 6.19. The van der Waals surface area contributed by atoms with Gasteiger partial charge in [0.05, 0.1) is 6.61 Å². The highest BCUT2D eigenvalue weighted by Crippen LogP contribution is 2.14. The fourth-order valence-corrected chi connectivity index (χ4v) is 1.34. The zero-order valence-electron chi connectivity index (χ0n) is 7.00. The van der Waals surface area contributed by atoms with Crippen LogP contribution in [0, 0.1) is 5.82 Å². The maximum atomic E-state index is 12.8. The van der Waals surface area contributed by atoms with Gasteiger partial charge in [0.2, 0.25) is 0 Å². The van der Waals surface area contributed by atoms with Crippen molar-refractivity contribution in [2.24, 2.45) is 5.73 Å². The molecule has 0 amide bonds. The Hall–Kier alpha value is -0.640.